The molecule has 52 heavy (non-hydrogen) atoms. The Hall–Kier alpha value is -2.63. The van der Waals surface area contributed by atoms with Crippen LogP contribution in [-0.2, 0) is 52.3 Å². The lowest BCUT2D eigenvalue weighted by molar-refractivity contribution is -0.351. The number of hydrogen-bond donors (Lipinski definition) is 8. The van der Waals surface area contributed by atoms with Crippen molar-refractivity contribution in [2.75, 3.05) is 26.9 Å². The van der Waals surface area contributed by atoms with Gasteiger partial charge in [0.15, 0.2) is 18.9 Å². The lowest BCUT2D eigenvalue weighted by atomic mass is 9.77. The van der Waals surface area contributed by atoms with Crippen LogP contribution in [0.25, 0.3) is 0 Å². The third-order valence-corrected chi connectivity index (χ3v) is 10.8. The van der Waals surface area contributed by atoms with Crippen LogP contribution in [0.1, 0.15) is 19.8 Å². The molecule has 0 aromatic heterocycles. The zero-order valence-corrected chi connectivity index (χ0v) is 28.5. The summed E-state index contributed by atoms with van der Waals surface area (Å²) in [7, 11) is 1.19. The standard InChI is InChI=1S/C33H48O19/c1-4-13-14(5-6-34)16(10-46-30(13)51-32-26(41)24(39)22(37)19(8-35)49-32)29(44)48-18-7-15-17(28(43)45-3)11-47-31(21(15)12(18)2)52-33-27(42)25(40)23(38)20(9-36)50-33/h4,6,11-16,18-27,30-33,35-42H,1,5,7-10H2,2-3H3. The lowest BCUT2D eigenvalue weighted by Crippen LogP contribution is -2.60. The van der Waals surface area contributed by atoms with Gasteiger partial charge >= 0.3 is 11.9 Å². The highest BCUT2D eigenvalue weighted by molar-refractivity contribution is 5.89. The number of ether oxygens (including phenoxy) is 8. The second kappa shape index (κ2) is 17.2. The number of aliphatic hydroxyl groups is 8. The molecule has 5 rings (SSSR count). The van der Waals surface area contributed by atoms with E-state index in [4.69, 9.17) is 37.9 Å². The van der Waals surface area contributed by atoms with Crippen molar-refractivity contribution in [1.29, 1.82) is 0 Å². The molecular formula is C33H48O19. The quantitative estimate of drug-likeness (QED) is 0.0539. The molecule has 19 atom stereocenters. The number of rotatable bonds is 12. The van der Waals surface area contributed by atoms with Crippen LogP contribution in [0.3, 0.4) is 0 Å². The first-order valence-electron chi connectivity index (χ1n) is 17.1. The van der Waals surface area contributed by atoms with E-state index < -0.39 is 141 Å². The van der Waals surface area contributed by atoms with Crippen molar-refractivity contribution in [3.05, 3.63) is 24.5 Å². The maximum atomic E-state index is 13.9. The molecule has 19 unspecified atom stereocenters. The fourth-order valence-electron chi connectivity index (χ4n) is 7.78. The maximum Gasteiger partial charge on any atom is 0.337 e. The van der Waals surface area contributed by atoms with Crippen LogP contribution in [0.2, 0.25) is 0 Å². The monoisotopic (exact) mass is 748 g/mol. The van der Waals surface area contributed by atoms with Gasteiger partial charge in [-0.25, -0.2) is 4.79 Å². The van der Waals surface area contributed by atoms with Gasteiger partial charge in [0.05, 0.1) is 44.7 Å². The average Bonchev–Trinajstić information content (AvgIpc) is 3.47. The number of methoxy groups -OCH3 is 1. The second-order valence-corrected chi connectivity index (χ2v) is 13.7. The number of carbonyl (C=O) groups is 3. The molecule has 19 heteroatoms. The molecule has 1 aliphatic carbocycles. The summed E-state index contributed by atoms with van der Waals surface area (Å²) >= 11 is 0. The molecule has 8 N–H and O–H groups in total. The first-order chi connectivity index (χ1) is 24.8. The summed E-state index contributed by atoms with van der Waals surface area (Å²) in [6.07, 6.45) is -15.9. The van der Waals surface area contributed by atoms with Crippen LogP contribution in [0.5, 0.6) is 0 Å². The number of hydrogen-bond acceptors (Lipinski definition) is 19. The molecule has 0 aromatic rings. The summed E-state index contributed by atoms with van der Waals surface area (Å²) in [5.41, 5.74) is 0.131. The first-order valence-corrected chi connectivity index (χ1v) is 17.1. The van der Waals surface area contributed by atoms with Gasteiger partial charge in [-0.2, -0.15) is 0 Å². The van der Waals surface area contributed by atoms with E-state index in [2.05, 4.69) is 6.58 Å². The van der Waals surface area contributed by atoms with Gasteiger partial charge in [-0.15, -0.1) is 6.58 Å². The smallest absolute Gasteiger partial charge is 0.337 e. The summed E-state index contributed by atoms with van der Waals surface area (Å²) in [5.74, 6) is -5.99. The van der Waals surface area contributed by atoms with Crippen molar-refractivity contribution >= 4 is 18.2 Å². The van der Waals surface area contributed by atoms with E-state index in [-0.39, 0.29) is 25.0 Å². The van der Waals surface area contributed by atoms with E-state index in [1.54, 1.807) is 6.92 Å². The predicted molar refractivity (Wildman–Crippen MR) is 166 cm³/mol. The fourth-order valence-corrected chi connectivity index (χ4v) is 7.78. The number of esters is 2. The van der Waals surface area contributed by atoms with Crippen LogP contribution >= 0.6 is 0 Å². The molecule has 0 amide bonds. The van der Waals surface area contributed by atoms with Crippen LogP contribution in [0.15, 0.2) is 24.5 Å². The SMILES string of the molecule is C=CC1C(OC2OC(CO)C(O)C(O)C2O)OCC(C(=O)OC2CC3C(C(=O)OC)=COC(OC4OC(CO)C(O)C(O)C4O)C3C2C)C1CC=O. The van der Waals surface area contributed by atoms with E-state index in [0.717, 1.165) is 6.26 Å². The number of fused-ring (bicyclic) bond motifs is 1. The Morgan fingerprint density at radius 1 is 0.885 bits per heavy atom. The van der Waals surface area contributed by atoms with Crippen molar-refractivity contribution in [2.24, 2.45) is 35.5 Å². The minimum absolute atomic E-state index is 0.107. The summed E-state index contributed by atoms with van der Waals surface area (Å²) in [6, 6.07) is 0. The van der Waals surface area contributed by atoms with Crippen molar-refractivity contribution in [2.45, 2.75) is 99.9 Å². The molecule has 0 aromatic carbocycles. The third-order valence-electron chi connectivity index (χ3n) is 10.8. The highest BCUT2D eigenvalue weighted by atomic mass is 16.8. The topological polar surface area (TPSA) is 287 Å². The van der Waals surface area contributed by atoms with Gasteiger partial charge in [0.25, 0.3) is 0 Å². The van der Waals surface area contributed by atoms with Crippen LogP contribution in [0, 0.1) is 35.5 Å². The summed E-state index contributed by atoms with van der Waals surface area (Å²) in [4.78, 5) is 38.4. The molecule has 0 bridgehead atoms. The fraction of sp³-hybridized carbons (Fsp3) is 0.788. The van der Waals surface area contributed by atoms with E-state index in [0.29, 0.717) is 6.29 Å². The van der Waals surface area contributed by atoms with Crippen molar-refractivity contribution in [3.63, 3.8) is 0 Å². The minimum atomic E-state index is -1.73. The Bertz CT molecular complexity index is 1290. The van der Waals surface area contributed by atoms with E-state index in [1.165, 1.54) is 13.2 Å². The molecular weight excluding hydrogens is 700 g/mol. The van der Waals surface area contributed by atoms with E-state index in [9.17, 15) is 55.2 Å². The predicted octanol–water partition coefficient (Wildman–Crippen LogP) is -3.80. The van der Waals surface area contributed by atoms with Gasteiger partial charge in [0, 0.05) is 30.1 Å². The van der Waals surface area contributed by atoms with E-state index >= 15 is 0 Å². The zero-order chi connectivity index (χ0) is 38.0. The Morgan fingerprint density at radius 2 is 1.46 bits per heavy atom. The maximum absolute atomic E-state index is 13.9. The molecule has 1 saturated carbocycles. The van der Waals surface area contributed by atoms with Gasteiger partial charge < -0.3 is 83.5 Å². The van der Waals surface area contributed by atoms with Crippen LogP contribution in [0.4, 0.5) is 0 Å². The highest BCUT2D eigenvalue weighted by Crippen LogP contribution is 2.49. The molecule has 3 saturated heterocycles. The average molecular weight is 749 g/mol. The van der Waals surface area contributed by atoms with Gasteiger partial charge in [-0.05, 0) is 12.3 Å². The summed E-state index contributed by atoms with van der Waals surface area (Å²) in [5, 5.41) is 80.9. The Morgan fingerprint density at radius 3 is 1.98 bits per heavy atom. The molecule has 4 fully saturated rings. The molecule has 19 nitrogen and oxygen atoms in total. The first kappa shape index (κ1) is 40.6. The van der Waals surface area contributed by atoms with Gasteiger partial charge in [0.1, 0.15) is 61.2 Å². The number of aldehydes is 1. The van der Waals surface area contributed by atoms with Gasteiger partial charge in [-0.3, -0.25) is 4.79 Å². The molecule has 294 valence electrons. The third kappa shape index (κ3) is 7.79. The van der Waals surface area contributed by atoms with Gasteiger partial charge in [0.2, 0.25) is 6.29 Å². The van der Waals surface area contributed by atoms with Crippen molar-refractivity contribution in [3.8, 4) is 0 Å². The van der Waals surface area contributed by atoms with Crippen molar-refractivity contribution < 1.29 is 93.1 Å². The van der Waals surface area contributed by atoms with Crippen LogP contribution in [-0.4, -0.2) is 166 Å². The normalized spacial score (nSPS) is 46.3. The molecule has 4 heterocycles. The molecule has 0 radical (unpaired) electrons. The molecule has 4 aliphatic heterocycles. The largest absolute Gasteiger partial charge is 0.472 e. The zero-order valence-electron chi connectivity index (χ0n) is 28.5. The Labute approximate surface area is 298 Å². The van der Waals surface area contributed by atoms with E-state index in [1.807, 2.05) is 0 Å². The minimum Gasteiger partial charge on any atom is -0.472 e. The summed E-state index contributed by atoms with van der Waals surface area (Å²) < 4.78 is 45.2. The van der Waals surface area contributed by atoms with Crippen molar-refractivity contribution in [1.82, 2.24) is 0 Å². The van der Waals surface area contributed by atoms with Gasteiger partial charge in [-0.1, -0.05) is 13.0 Å². The molecule has 0 spiro atoms. The number of carbonyl (C=O) groups excluding carboxylic acids is 3. The Balaban J connectivity index is 1.31. The lowest BCUT2D eigenvalue weighted by Gasteiger charge is -2.44. The summed E-state index contributed by atoms with van der Waals surface area (Å²) in [6.45, 7) is 3.84. The Kier molecular flexibility index (Phi) is 13.4. The highest BCUT2D eigenvalue weighted by Gasteiger charge is 2.56. The number of aliphatic hydroxyl groups excluding tert-OH is 8. The van der Waals surface area contributed by atoms with Crippen LogP contribution < -0.4 is 0 Å². The second-order valence-electron chi connectivity index (χ2n) is 13.7. The molecule has 5 aliphatic rings.